The van der Waals surface area contributed by atoms with Gasteiger partial charge in [0.1, 0.15) is 5.01 Å². The standard InChI is InChI=1S/C12H21N3OS/c1-3-11-8-15-12(17-11)9(2)14-7-10-6-13-4-5-16-10/h8-10,13-14H,3-7H2,1-2H3. The first-order valence-electron chi connectivity index (χ1n) is 6.30. The van der Waals surface area contributed by atoms with Gasteiger partial charge in [0.2, 0.25) is 0 Å². The Balaban J connectivity index is 1.77. The van der Waals surface area contributed by atoms with Crippen LogP contribution in [0.1, 0.15) is 29.8 Å². The van der Waals surface area contributed by atoms with Crippen molar-refractivity contribution in [3.05, 3.63) is 16.1 Å². The second-order valence-corrected chi connectivity index (χ2v) is 5.49. The number of morpholine rings is 1. The Labute approximate surface area is 107 Å². The summed E-state index contributed by atoms with van der Waals surface area (Å²) >= 11 is 1.80. The summed E-state index contributed by atoms with van der Waals surface area (Å²) in [5.41, 5.74) is 0. The van der Waals surface area contributed by atoms with Crippen molar-refractivity contribution in [1.29, 1.82) is 0 Å². The van der Waals surface area contributed by atoms with Crippen LogP contribution in [0.3, 0.4) is 0 Å². The third-order valence-electron chi connectivity index (χ3n) is 2.95. The van der Waals surface area contributed by atoms with Crippen LogP contribution in [0.4, 0.5) is 0 Å². The fourth-order valence-electron chi connectivity index (χ4n) is 1.83. The highest BCUT2D eigenvalue weighted by Gasteiger charge is 2.15. The molecule has 5 heteroatoms. The Kier molecular flexibility index (Phi) is 4.91. The number of aromatic nitrogens is 1. The van der Waals surface area contributed by atoms with E-state index in [0.717, 1.165) is 32.7 Å². The van der Waals surface area contributed by atoms with Gasteiger partial charge in [0.05, 0.1) is 18.8 Å². The van der Waals surface area contributed by atoms with E-state index in [0.29, 0.717) is 6.04 Å². The Bertz CT molecular complexity index is 336. The van der Waals surface area contributed by atoms with E-state index in [4.69, 9.17) is 4.74 Å². The fourth-order valence-corrected chi connectivity index (χ4v) is 2.72. The number of nitrogens with zero attached hydrogens (tertiary/aromatic N) is 1. The van der Waals surface area contributed by atoms with Gasteiger partial charge in [-0.2, -0.15) is 0 Å². The monoisotopic (exact) mass is 255 g/mol. The number of aryl methyl sites for hydroxylation is 1. The number of hydrogen-bond acceptors (Lipinski definition) is 5. The average Bonchev–Trinajstić information content (AvgIpc) is 2.86. The van der Waals surface area contributed by atoms with Crippen molar-refractivity contribution in [2.75, 3.05) is 26.2 Å². The molecule has 17 heavy (non-hydrogen) atoms. The Morgan fingerprint density at radius 1 is 1.71 bits per heavy atom. The summed E-state index contributed by atoms with van der Waals surface area (Å²) in [5.74, 6) is 0. The Morgan fingerprint density at radius 3 is 3.24 bits per heavy atom. The molecule has 2 rings (SSSR count). The maximum absolute atomic E-state index is 5.65. The van der Waals surface area contributed by atoms with Crippen LogP contribution in [0.5, 0.6) is 0 Å². The summed E-state index contributed by atoms with van der Waals surface area (Å²) in [6.45, 7) is 7.94. The molecular weight excluding hydrogens is 234 g/mol. The van der Waals surface area contributed by atoms with Crippen molar-refractivity contribution < 1.29 is 4.74 Å². The van der Waals surface area contributed by atoms with Gasteiger partial charge in [-0.3, -0.25) is 0 Å². The second kappa shape index (κ2) is 6.44. The molecule has 0 aromatic carbocycles. The minimum absolute atomic E-state index is 0.289. The van der Waals surface area contributed by atoms with E-state index in [-0.39, 0.29) is 6.10 Å². The fraction of sp³-hybridized carbons (Fsp3) is 0.750. The largest absolute Gasteiger partial charge is 0.374 e. The van der Waals surface area contributed by atoms with Crippen molar-refractivity contribution in [1.82, 2.24) is 15.6 Å². The lowest BCUT2D eigenvalue weighted by atomic mass is 10.2. The first kappa shape index (κ1) is 13.0. The predicted molar refractivity (Wildman–Crippen MR) is 70.5 cm³/mol. The maximum atomic E-state index is 5.65. The van der Waals surface area contributed by atoms with Gasteiger partial charge in [0.15, 0.2) is 0 Å². The number of nitrogens with one attached hydrogen (secondary N) is 2. The summed E-state index contributed by atoms with van der Waals surface area (Å²) in [6, 6.07) is 0.311. The van der Waals surface area contributed by atoms with Gasteiger partial charge in [0.25, 0.3) is 0 Å². The van der Waals surface area contributed by atoms with Crippen LogP contribution in [-0.2, 0) is 11.2 Å². The van der Waals surface area contributed by atoms with E-state index < -0.39 is 0 Å². The third-order valence-corrected chi connectivity index (χ3v) is 4.27. The van der Waals surface area contributed by atoms with Gasteiger partial charge >= 0.3 is 0 Å². The Hall–Kier alpha value is -0.490. The number of thiazole rings is 1. The zero-order chi connectivity index (χ0) is 12.1. The molecule has 96 valence electrons. The quantitative estimate of drug-likeness (QED) is 0.833. The smallest absolute Gasteiger partial charge is 0.109 e. The molecule has 1 aromatic heterocycles. The summed E-state index contributed by atoms with van der Waals surface area (Å²) in [7, 11) is 0. The highest BCUT2D eigenvalue weighted by atomic mass is 32.1. The van der Waals surface area contributed by atoms with Crippen LogP contribution in [0.25, 0.3) is 0 Å². The summed E-state index contributed by atoms with van der Waals surface area (Å²) in [5, 5.41) is 7.99. The van der Waals surface area contributed by atoms with E-state index in [1.807, 2.05) is 6.20 Å². The third kappa shape index (κ3) is 3.74. The van der Waals surface area contributed by atoms with Crippen LogP contribution >= 0.6 is 11.3 Å². The highest BCUT2D eigenvalue weighted by Crippen LogP contribution is 2.20. The SMILES string of the molecule is CCc1cnc(C(C)NCC2CNCCO2)s1. The molecule has 0 saturated carbocycles. The van der Waals surface area contributed by atoms with Crippen molar-refractivity contribution in [3.8, 4) is 0 Å². The molecule has 1 saturated heterocycles. The first-order chi connectivity index (χ1) is 8.29. The van der Waals surface area contributed by atoms with Crippen LogP contribution in [0, 0.1) is 0 Å². The van der Waals surface area contributed by atoms with E-state index in [1.54, 1.807) is 11.3 Å². The van der Waals surface area contributed by atoms with Gasteiger partial charge in [0, 0.05) is 30.7 Å². The average molecular weight is 255 g/mol. The minimum atomic E-state index is 0.289. The van der Waals surface area contributed by atoms with E-state index in [1.165, 1.54) is 9.88 Å². The molecular formula is C12H21N3OS. The molecule has 1 aromatic rings. The van der Waals surface area contributed by atoms with E-state index >= 15 is 0 Å². The van der Waals surface area contributed by atoms with Crippen LogP contribution < -0.4 is 10.6 Å². The lowest BCUT2D eigenvalue weighted by Crippen LogP contribution is -2.44. The summed E-state index contributed by atoms with van der Waals surface area (Å²) < 4.78 is 5.65. The zero-order valence-corrected chi connectivity index (χ0v) is 11.3. The summed E-state index contributed by atoms with van der Waals surface area (Å²) in [6.07, 6.45) is 3.34. The highest BCUT2D eigenvalue weighted by molar-refractivity contribution is 7.11. The molecule has 1 aliphatic rings. The van der Waals surface area contributed by atoms with Gasteiger partial charge in [-0.25, -0.2) is 4.98 Å². The van der Waals surface area contributed by atoms with Crippen LogP contribution in [0.2, 0.25) is 0 Å². The van der Waals surface area contributed by atoms with E-state index in [9.17, 15) is 0 Å². The van der Waals surface area contributed by atoms with Gasteiger partial charge in [-0.1, -0.05) is 6.92 Å². The van der Waals surface area contributed by atoms with Gasteiger partial charge in [-0.15, -0.1) is 11.3 Å². The molecule has 4 nitrogen and oxygen atoms in total. The molecule has 0 radical (unpaired) electrons. The molecule has 0 amide bonds. The maximum Gasteiger partial charge on any atom is 0.109 e. The number of ether oxygens (including phenoxy) is 1. The van der Waals surface area contributed by atoms with Crippen LogP contribution in [0.15, 0.2) is 6.20 Å². The lowest BCUT2D eigenvalue weighted by molar-refractivity contribution is 0.0278. The van der Waals surface area contributed by atoms with Crippen molar-refractivity contribution in [2.24, 2.45) is 0 Å². The normalized spacial score (nSPS) is 22.6. The van der Waals surface area contributed by atoms with Crippen molar-refractivity contribution >= 4 is 11.3 Å². The van der Waals surface area contributed by atoms with Gasteiger partial charge in [-0.05, 0) is 13.3 Å². The number of rotatable bonds is 5. The molecule has 2 unspecified atom stereocenters. The first-order valence-corrected chi connectivity index (χ1v) is 7.11. The summed E-state index contributed by atoms with van der Waals surface area (Å²) in [4.78, 5) is 5.80. The molecule has 0 bridgehead atoms. The zero-order valence-electron chi connectivity index (χ0n) is 10.5. The Morgan fingerprint density at radius 2 is 2.59 bits per heavy atom. The van der Waals surface area contributed by atoms with Crippen molar-refractivity contribution in [3.63, 3.8) is 0 Å². The lowest BCUT2D eigenvalue weighted by Gasteiger charge is -2.25. The molecule has 1 fully saturated rings. The topological polar surface area (TPSA) is 46.2 Å². The molecule has 1 aliphatic heterocycles. The van der Waals surface area contributed by atoms with Gasteiger partial charge < -0.3 is 15.4 Å². The number of hydrogen-bond donors (Lipinski definition) is 2. The molecule has 2 heterocycles. The molecule has 0 aliphatic carbocycles. The molecule has 2 N–H and O–H groups in total. The second-order valence-electron chi connectivity index (χ2n) is 4.35. The van der Waals surface area contributed by atoms with Crippen molar-refractivity contribution in [2.45, 2.75) is 32.4 Å². The molecule has 0 spiro atoms. The molecule has 2 atom stereocenters. The van der Waals surface area contributed by atoms with Crippen LogP contribution in [-0.4, -0.2) is 37.3 Å². The van der Waals surface area contributed by atoms with E-state index in [2.05, 4.69) is 29.5 Å². The predicted octanol–water partition coefficient (Wildman–Crippen LogP) is 1.34. The minimum Gasteiger partial charge on any atom is -0.374 e.